The normalized spacial score (nSPS) is 24.8. The van der Waals surface area contributed by atoms with Crippen molar-refractivity contribution in [2.45, 2.75) is 62.6 Å². The second-order valence-electron chi connectivity index (χ2n) is 10.1. The highest BCUT2D eigenvalue weighted by atomic mass is 19.4. The van der Waals surface area contributed by atoms with Crippen LogP contribution in [0.3, 0.4) is 0 Å². The quantitative estimate of drug-likeness (QED) is 0.554. The Kier molecular flexibility index (Phi) is 5.95. The van der Waals surface area contributed by atoms with Crippen LogP contribution < -0.4 is 5.32 Å². The molecule has 1 unspecified atom stereocenters. The minimum atomic E-state index is -4.38. The summed E-state index contributed by atoms with van der Waals surface area (Å²) in [7, 11) is 0. The number of amides is 1. The van der Waals surface area contributed by atoms with E-state index in [-0.39, 0.29) is 23.2 Å². The lowest BCUT2D eigenvalue weighted by molar-refractivity contribution is -0.137. The maximum absolute atomic E-state index is 13.6. The zero-order valence-electron chi connectivity index (χ0n) is 19.1. The van der Waals surface area contributed by atoms with Gasteiger partial charge in [-0.3, -0.25) is 9.69 Å². The lowest BCUT2D eigenvalue weighted by Crippen LogP contribution is -2.54. The molecule has 1 saturated carbocycles. The molecule has 2 aliphatic heterocycles. The van der Waals surface area contributed by atoms with Crippen molar-refractivity contribution in [2.24, 2.45) is 5.41 Å². The number of rotatable bonds is 3. The molecule has 2 aromatic rings. The van der Waals surface area contributed by atoms with E-state index in [4.69, 9.17) is 0 Å². The molecule has 2 heterocycles. The number of alkyl halides is 3. The Hall–Kier alpha value is -2.41. The van der Waals surface area contributed by atoms with E-state index in [0.717, 1.165) is 62.0 Å². The van der Waals surface area contributed by atoms with Crippen molar-refractivity contribution >= 4 is 5.91 Å². The summed E-state index contributed by atoms with van der Waals surface area (Å²) in [6, 6.07) is 12.2. The van der Waals surface area contributed by atoms with E-state index >= 15 is 0 Å². The average Bonchev–Trinajstić information content (AvgIpc) is 3.15. The topological polar surface area (TPSA) is 32.3 Å². The Morgan fingerprint density at radius 2 is 1.47 bits per heavy atom. The number of carbonyl (C=O) groups excluding carboxylic acids is 1. The number of benzene rings is 2. The fourth-order valence-electron chi connectivity index (χ4n) is 6.66. The fourth-order valence-corrected chi connectivity index (χ4v) is 6.66. The molecule has 3 nitrogen and oxygen atoms in total. The molecule has 0 bridgehead atoms. The molecule has 1 N–H and O–H groups in total. The second kappa shape index (κ2) is 8.67. The van der Waals surface area contributed by atoms with Crippen molar-refractivity contribution < 1.29 is 22.4 Å². The molecule has 5 rings (SSSR count). The van der Waals surface area contributed by atoms with Crippen molar-refractivity contribution in [2.75, 3.05) is 19.6 Å². The van der Waals surface area contributed by atoms with E-state index in [1.807, 2.05) is 12.1 Å². The first-order valence-corrected chi connectivity index (χ1v) is 12.2. The van der Waals surface area contributed by atoms with Gasteiger partial charge < -0.3 is 5.32 Å². The molecule has 1 amide bonds. The highest BCUT2D eigenvalue weighted by molar-refractivity contribution is 5.86. The first-order valence-electron chi connectivity index (χ1n) is 12.2. The predicted molar refractivity (Wildman–Crippen MR) is 122 cm³/mol. The Balaban J connectivity index is 1.39. The SMILES string of the molecule is O=C1NCC(c2ccc(C(F)(F)F)cc2)C12CCN(C1(c3ccc(F)cc3)CCCCC1)CC2. The van der Waals surface area contributed by atoms with Crippen molar-refractivity contribution in [3.05, 3.63) is 71.0 Å². The van der Waals surface area contributed by atoms with E-state index in [0.29, 0.717) is 19.4 Å². The van der Waals surface area contributed by atoms with Gasteiger partial charge in [-0.05, 0) is 61.1 Å². The molecule has 3 fully saturated rings. The lowest BCUT2D eigenvalue weighted by Gasteiger charge is -2.52. The molecular formula is C27H30F4N2O. The van der Waals surface area contributed by atoms with Crippen LogP contribution in [0.1, 0.15) is 67.6 Å². The van der Waals surface area contributed by atoms with Crippen LogP contribution in [0.25, 0.3) is 0 Å². The summed E-state index contributed by atoms with van der Waals surface area (Å²) in [6.07, 6.45) is 2.40. The van der Waals surface area contributed by atoms with Crippen LogP contribution in [-0.2, 0) is 16.5 Å². The van der Waals surface area contributed by atoms with Crippen molar-refractivity contribution in [1.82, 2.24) is 10.2 Å². The van der Waals surface area contributed by atoms with Crippen LogP contribution >= 0.6 is 0 Å². The third-order valence-electron chi connectivity index (χ3n) is 8.55. The van der Waals surface area contributed by atoms with Gasteiger partial charge in [-0.15, -0.1) is 0 Å². The molecule has 182 valence electrons. The van der Waals surface area contributed by atoms with Gasteiger partial charge >= 0.3 is 6.18 Å². The van der Waals surface area contributed by atoms with Crippen LogP contribution in [0, 0.1) is 11.2 Å². The molecule has 7 heteroatoms. The summed E-state index contributed by atoms with van der Waals surface area (Å²) in [5.41, 5.74) is 0.503. The number of hydrogen-bond acceptors (Lipinski definition) is 2. The van der Waals surface area contributed by atoms with E-state index in [1.54, 1.807) is 0 Å². The smallest absolute Gasteiger partial charge is 0.355 e. The van der Waals surface area contributed by atoms with E-state index < -0.39 is 17.2 Å². The second-order valence-corrected chi connectivity index (χ2v) is 10.1. The molecule has 1 aliphatic carbocycles. The fraction of sp³-hybridized carbons (Fsp3) is 0.519. The Bertz CT molecular complexity index is 1020. The van der Waals surface area contributed by atoms with Crippen LogP contribution in [-0.4, -0.2) is 30.4 Å². The van der Waals surface area contributed by atoms with Crippen molar-refractivity contribution in [1.29, 1.82) is 0 Å². The van der Waals surface area contributed by atoms with Gasteiger partial charge in [-0.1, -0.05) is 43.5 Å². The predicted octanol–water partition coefficient (Wildman–Crippen LogP) is 6.00. The maximum Gasteiger partial charge on any atom is 0.416 e. The summed E-state index contributed by atoms with van der Waals surface area (Å²) in [5, 5.41) is 2.99. The largest absolute Gasteiger partial charge is 0.416 e. The number of nitrogens with one attached hydrogen (secondary N) is 1. The zero-order chi connectivity index (χ0) is 24.0. The number of halogens is 4. The summed E-state index contributed by atoms with van der Waals surface area (Å²) in [4.78, 5) is 15.6. The maximum atomic E-state index is 13.6. The van der Waals surface area contributed by atoms with Crippen molar-refractivity contribution in [3.63, 3.8) is 0 Å². The van der Waals surface area contributed by atoms with Gasteiger partial charge in [-0.25, -0.2) is 4.39 Å². The van der Waals surface area contributed by atoms with Crippen LogP contribution in [0.2, 0.25) is 0 Å². The highest BCUT2D eigenvalue weighted by Crippen LogP contribution is 2.51. The van der Waals surface area contributed by atoms with Gasteiger partial charge in [-0.2, -0.15) is 13.2 Å². The van der Waals surface area contributed by atoms with Crippen LogP contribution in [0.5, 0.6) is 0 Å². The number of likely N-dealkylation sites (tertiary alicyclic amines) is 1. The number of hydrogen-bond donors (Lipinski definition) is 1. The molecule has 2 saturated heterocycles. The van der Waals surface area contributed by atoms with Gasteiger partial charge in [0.2, 0.25) is 5.91 Å². The standard InChI is InChI=1S/C27H30F4N2O/c28-22-10-8-20(9-11-22)26(12-2-1-3-13-26)33-16-14-25(15-17-33)23(18-32-24(25)34)19-4-6-21(7-5-19)27(29,30)31/h4-11,23H,1-3,12-18H2,(H,32,34). The van der Waals surface area contributed by atoms with Crippen molar-refractivity contribution in [3.8, 4) is 0 Å². The summed E-state index contributed by atoms with van der Waals surface area (Å²) < 4.78 is 52.7. The van der Waals surface area contributed by atoms with Gasteiger partial charge in [0.05, 0.1) is 11.0 Å². The van der Waals surface area contributed by atoms with Gasteiger partial charge in [0, 0.05) is 31.1 Å². The number of nitrogens with zero attached hydrogens (tertiary/aromatic N) is 1. The lowest BCUT2D eigenvalue weighted by atomic mass is 9.66. The minimum absolute atomic E-state index is 0.0107. The summed E-state index contributed by atoms with van der Waals surface area (Å²) in [6.45, 7) is 1.93. The molecule has 2 aromatic carbocycles. The van der Waals surface area contributed by atoms with E-state index in [9.17, 15) is 22.4 Å². The molecule has 0 aromatic heterocycles. The van der Waals surface area contributed by atoms with Gasteiger partial charge in [0.1, 0.15) is 5.82 Å². The molecule has 1 spiro atoms. The van der Waals surface area contributed by atoms with Crippen LogP contribution in [0.15, 0.2) is 48.5 Å². The van der Waals surface area contributed by atoms with Gasteiger partial charge in [0.15, 0.2) is 0 Å². The third kappa shape index (κ3) is 3.92. The molecule has 34 heavy (non-hydrogen) atoms. The Labute approximate surface area is 197 Å². The Morgan fingerprint density at radius 3 is 2.06 bits per heavy atom. The average molecular weight is 475 g/mol. The first-order chi connectivity index (χ1) is 16.2. The zero-order valence-corrected chi connectivity index (χ0v) is 19.1. The molecule has 0 radical (unpaired) electrons. The Morgan fingerprint density at radius 1 is 0.853 bits per heavy atom. The first kappa shape index (κ1) is 23.3. The molecule has 3 aliphatic rings. The third-order valence-corrected chi connectivity index (χ3v) is 8.55. The molecular weight excluding hydrogens is 444 g/mol. The van der Waals surface area contributed by atoms with Gasteiger partial charge in [0.25, 0.3) is 0 Å². The van der Waals surface area contributed by atoms with E-state index in [2.05, 4.69) is 10.2 Å². The summed E-state index contributed by atoms with van der Waals surface area (Å²) in [5.74, 6) is -0.372. The summed E-state index contributed by atoms with van der Waals surface area (Å²) >= 11 is 0. The number of piperidine rings is 1. The molecule has 1 atom stereocenters. The number of carbonyl (C=O) groups is 1. The van der Waals surface area contributed by atoms with E-state index in [1.165, 1.54) is 30.7 Å². The van der Waals surface area contributed by atoms with Crippen LogP contribution in [0.4, 0.5) is 17.6 Å². The highest BCUT2D eigenvalue weighted by Gasteiger charge is 2.54. The minimum Gasteiger partial charge on any atom is -0.355 e. The monoisotopic (exact) mass is 474 g/mol.